The topological polar surface area (TPSA) is 75.3 Å². The standard InChI is InChI=1S/C15H21ClN2O2/c1-9-2-4-10(5-3-9)8-18-14-12(15(19)20)6-11(17)7-13(14)16/h6-7,9-10,18H,2-5,8,17H2,1H3,(H,19,20). The van der Waals surface area contributed by atoms with E-state index < -0.39 is 5.97 Å². The molecule has 4 nitrogen and oxygen atoms in total. The summed E-state index contributed by atoms with van der Waals surface area (Å²) in [5.41, 5.74) is 6.63. The van der Waals surface area contributed by atoms with E-state index >= 15 is 0 Å². The number of carbonyl (C=O) groups is 1. The Hall–Kier alpha value is -1.42. The molecule has 0 aliphatic heterocycles. The van der Waals surface area contributed by atoms with Crippen molar-refractivity contribution in [2.75, 3.05) is 17.6 Å². The van der Waals surface area contributed by atoms with E-state index in [0.29, 0.717) is 22.3 Å². The van der Waals surface area contributed by atoms with E-state index in [1.165, 1.54) is 31.7 Å². The summed E-state index contributed by atoms with van der Waals surface area (Å²) in [6.07, 6.45) is 4.85. The van der Waals surface area contributed by atoms with Gasteiger partial charge in [-0.2, -0.15) is 0 Å². The monoisotopic (exact) mass is 296 g/mol. The Labute approximate surface area is 124 Å². The smallest absolute Gasteiger partial charge is 0.337 e. The minimum Gasteiger partial charge on any atom is -0.478 e. The second kappa shape index (κ2) is 6.35. The molecule has 110 valence electrons. The highest BCUT2D eigenvalue weighted by molar-refractivity contribution is 6.34. The van der Waals surface area contributed by atoms with Gasteiger partial charge in [0.05, 0.1) is 16.3 Å². The van der Waals surface area contributed by atoms with E-state index in [-0.39, 0.29) is 5.56 Å². The van der Waals surface area contributed by atoms with E-state index in [4.69, 9.17) is 17.3 Å². The second-order valence-corrected chi connectivity index (χ2v) is 6.14. The maximum atomic E-state index is 11.3. The SMILES string of the molecule is CC1CCC(CNc2c(Cl)cc(N)cc2C(=O)O)CC1. The molecule has 1 saturated carbocycles. The highest BCUT2D eigenvalue weighted by Crippen LogP contribution is 2.32. The van der Waals surface area contributed by atoms with E-state index in [0.717, 1.165) is 12.5 Å². The summed E-state index contributed by atoms with van der Waals surface area (Å²) in [5, 5.41) is 12.8. The van der Waals surface area contributed by atoms with E-state index in [1.54, 1.807) is 6.07 Å². The van der Waals surface area contributed by atoms with Crippen molar-refractivity contribution in [3.8, 4) is 0 Å². The van der Waals surface area contributed by atoms with Crippen LogP contribution in [0.15, 0.2) is 12.1 Å². The van der Waals surface area contributed by atoms with Crippen LogP contribution in [0.5, 0.6) is 0 Å². The third-order valence-electron chi connectivity index (χ3n) is 4.05. The van der Waals surface area contributed by atoms with Gasteiger partial charge in [0.2, 0.25) is 0 Å². The number of aromatic carboxylic acids is 1. The lowest BCUT2D eigenvalue weighted by atomic mass is 9.83. The van der Waals surface area contributed by atoms with Crippen molar-refractivity contribution in [1.82, 2.24) is 0 Å². The predicted molar refractivity (Wildman–Crippen MR) is 82.4 cm³/mol. The number of hydrogen-bond acceptors (Lipinski definition) is 3. The van der Waals surface area contributed by atoms with Crippen LogP contribution in [0.25, 0.3) is 0 Å². The fraction of sp³-hybridized carbons (Fsp3) is 0.533. The van der Waals surface area contributed by atoms with Gasteiger partial charge in [-0.05, 0) is 36.8 Å². The molecule has 1 aromatic carbocycles. The molecule has 1 aliphatic rings. The molecular formula is C15H21ClN2O2. The van der Waals surface area contributed by atoms with Crippen LogP contribution in [0.3, 0.4) is 0 Å². The fourth-order valence-electron chi connectivity index (χ4n) is 2.76. The van der Waals surface area contributed by atoms with Gasteiger partial charge in [-0.25, -0.2) is 4.79 Å². The average molecular weight is 297 g/mol. The van der Waals surface area contributed by atoms with Crippen LogP contribution in [0, 0.1) is 11.8 Å². The molecule has 0 radical (unpaired) electrons. The highest BCUT2D eigenvalue weighted by Gasteiger charge is 2.20. The zero-order valence-electron chi connectivity index (χ0n) is 11.7. The number of hydrogen-bond donors (Lipinski definition) is 3. The lowest BCUT2D eigenvalue weighted by molar-refractivity contribution is 0.0698. The van der Waals surface area contributed by atoms with Gasteiger partial charge in [-0.3, -0.25) is 0 Å². The number of nitrogen functional groups attached to an aromatic ring is 1. The van der Waals surface area contributed by atoms with Gasteiger partial charge >= 0.3 is 5.97 Å². The number of halogens is 1. The summed E-state index contributed by atoms with van der Waals surface area (Å²) in [7, 11) is 0. The van der Waals surface area contributed by atoms with Crippen LogP contribution in [0.1, 0.15) is 43.0 Å². The summed E-state index contributed by atoms with van der Waals surface area (Å²) >= 11 is 6.11. The molecular weight excluding hydrogens is 276 g/mol. The minimum absolute atomic E-state index is 0.138. The van der Waals surface area contributed by atoms with E-state index in [1.807, 2.05) is 0 Å². The summed E-state index contributed by atoms with van der Waals surface area (Å²) in [6, 6.07) is 3.03. The first-order chi connectivity index (χ1) is 9.47. The Morgan fingerprint density at radius 1 is 1.40 bits per heavy atom. The molecule has 1 aliphatic carbocycles. The normalized spacial score (nSPS) is 22.5. The molecule has 0 aromatic heterocycles. The number of nitrogens with two attached hydrogens (primary N) is 1. The van der Waals surface area contributed by atoms with Crippen LogP contribution in [-0.4, -0.2) is 17.6 Å². The van der Waals surface area contributed by atoms with Gasteiger partial charge < -0.3 is 16.2 Å². The zero-order valence-corrected chi connectivity index (χ0v) is 12.4. The van der Waals surface area contributed by atoms with Gasteiger partial charge in [0.15, 0.2) is 0 Å². The first kappa shape index (κ1) is 15.0. The Morgan fingerprint density at radius 2 is 2.05 bits per heavy atom. The van der Waals surface area contributed by atoms with E-state index in [2.05, 4.69) is 12.2 Å². The first-order valence-electron chi connectivity index (χ1n) is 7.03. The van der Waals surface area contributed by atoms with Gasteiger partial charge in [0, 0.05) is 12.2 Å². The first-order valence-corrected chi connectivity index (χ1v) is 7.41. The van der Waals surface area contributed by atoms with Crippen molar-refractivity contribution in [3.63, 3.8) is 0 Å². The highest BCUT2D eigenvalue weighted by atomic mass is 35.5. The number of rotatable bonds is 4. The van der Waals surface area contributed by atoms with Crippen molar-refractivity contribution in [2.24, 2.45) is 11.8 Å². The molecule has 0 bridgehead atoms. The molecule has 2 rings (SSSR count). The molecule has 5 heteroatoms. The minimum atomic E-state index is -1.01. The largest absolute Gasteiger partial charge is 0.478 e. The van der Waals surface area contributed by atoms with Crippen molar-refractivity contribution in [3.05, 3.63) is 22.7 Å². The number of anilines is 2. The van der Waals surface area contributed by atoms with Crippen molar-refractivity contribution >= 4 is 28.9 Å². The van der Waals surface area contributed by atoms with Gasteiger partial charge in [-0.15, -0.1) is 0 Å². The third kappa shape index (κ3) is 3.57. The quantitative estimate of drug-likeness (QED) is 0.738. The Kier molecular flexibility index (Phi) is 4.76. The predicted octanol–water partition coefficient (Wildman–Crippen LogP) is 3.86. The van der Waals surface area contributed by atoms with Gasteiger partial charge in [0.25, 0.3) is 0 Å². The zero-order chi connectivity index (χ0) is 14.7. The lowest BCUT2D eigenvalue weighted by Gasteiger charge is -2.27. The third-order valence-corrected chi connectivity index (χ3v) is 4.34. The molecule has 0 unspecified atom stereocenters. The van der Waals surface area contributed by atoms with E-state index in [9.17, 15) is 9.90 Å². The molecule has 0 heterocycles. The summed E-state index contributed by atoms with van der Waals surface area (Å²) < 4.78 is 0. The molecule has 0 spiro atoms. The van der Waals surface area contributed by atoms with Crippen LogP contribution < -0.4 is 11.1 Å². The van der Waals surface area contributed by atoms with Crippen LogP contribution >= 0.6 is 11.6 Å². The van der Waals surface area contributed by atoms with Crippen LogP contribution in [0.4, 0.5) is 11.4 Å². The number of carboxylic acids is 1. The number of benzene rings is 1. The van der Waals surface area contributed by atoms with Crippen LogP contribution in [0.2, 0.25) is 5.02 Å². The van der Waals surface area contributed by atoms with Crippen LogP contribution in [-0.2, 0) is 0 Å². The Bertz CT molecular complexity index is 497. The number of nitrogens with one attached hydrogen (secondary N) is 1. The number of carboxylic acid groups (broad SMARTS) is 1. The summed E-state index contributed by atoms with van der Waals surface area (Å²) in [5.74, 6) is 0.376. The molecule has 20 heavy (non-hydrogen) atoms. The van der Waals surface area contributed by atoms with Gasteiger partial charge in [-0.1, -0.05) is 31.4 Å². The molecule has 1 aromatic rings. The van der Waals surface area contributed by atoms with Crippen molar-refractivity contribution in [1.29, 1.82) is 0 Å². The van der Waals surface area contributed by atoms with Crippen molar-refractivity contribution < 1.29 is 9.90 Å². The maximum absolute atomic E-state index is 11.3. The second-order valence-electron chi connectivity index (χ2n) is 5.74. The molecule has 0 saturated heterocycles. The van der Waals surface area contributed by atoms with Crippen molar-refractivity contribution in [2.45, 2.75) is 32.6 Å². The Balaban J connectivity index is 2.07. The molecule has 4 N–H and O–H groups in total. The maximum Gasteiger partial charge on any atom is 0.337 e. The molecule has 1 fully saturated rings. The Morgan fingerprint density at radius 3 is 2.65 bits per heavy atom. The fourth-order valence-corrected chi connectivity index (χ4v) is 3.05. The molecule has 0 atom stereocenters. The lowest BCUT2D eigenvalue weighted by Crippen LogP contribution is -2.21. The molecule has 0 amide bonds. The van der Waals surface area contributed by atoms with Gasteiger partial charge in [0.1, 0.15) is 0 Å². The summed E-state index contributed by atoms with van der Waals surface area (Å²) in [4.78, 5) is 11.3. The average Bonchev–Trinajstić information content (AvgIpc) is 2.38. The summed E-state index contributed by atoms with van der Waals surface area (Å²) in [6.45, 7) is 3.04.